The number of carboxylic acid groups (broad SMARTS) is 1. The number of allylic oxidation sites excluding steroid dienone is 2. The maximum absolute atomic E-state index is 12.2. The molecule has 5 atom stereocenters. The third-order valence-corrected chi connectivity index (χ3v) is 8.64. The van der Waals surface area contributed by atoms with Gasteiger partial charge in [0, 0.05) is 0 Å². The molecule has 36 heavy (non-hydrogen) atoms. The van der Waals surface area contributed by atoms with Gasteiger partial charge in [0.2, 0.25) is 0 Å². The van der Waals surface area contributed by atoms with Crippen LogP contribution in [0.5, 0.6) is 0 Å². The van der Waals surface area contributed by atoms with E-state index in [1.807, 2.05) is 18.2 Å². The first-order valence-electron chi connectivity index (χ1n) is 14.8. The number of nitrogens with two attached hydrogens (primary N) is 1. The maximum atomic E-state index is 12.2. The van der Waals surface area contributed by atoms with Gasteiger partial charge in [0.05, 0.1) is 12.0 Å². The summed E-state index contributed by atoms with van der Waals surface area (Å²) in [5, 5.41) is 20.4. The zero-order valence-electron chi connectivity index (χ0n) is 23.0. The van der Waals surface area contributed by atoms with E-state index in [2.05, 4.69) is 31.2 Å². The van der Waals surface area contributed by atoms with Crippen LogP contribution in [-0.2, 0) is 11.2 Å². The molecule has 1 saturated carbocycles. The third kappa shape index (κ3) is 11.2. The van der Waals surface area contributed by atoms with E-state index in [1.54, 1.807) is 6.92 Å². The fourth-order valence-corrected chi connectivity index (χ4v) is 6.37. The van der Waals surface area contributed by atoms with Crippen molar-refractivity contribution < 1.29 is 15.0 Å². The second-order valence-electron chi connectivity index (χ2n) is 11.3. The molecule has 0 bridgehead atoms. The van der Waals surface area contributed by atoms with Crippen LogP contribution < -0.4 is 5.73 Å². The fraction of sp³-hybridized carbons (Fsp3) is 0.719. The molecule has 4 heteroatoms. The van der Waals surface area contributed by atoms with E-state index >= 15 is 0 Å². The molecule has 0 amide bonds. The van der Waals surface area contributed by atoms with E-state index in [0.29, 0.717) is 12.5 Å². The minimum atomic E-state index is -0.891. The summed E-state index contributed by atoms with van der Waals surface area (Å²) in [7, 11) is 0. The van der Waals surface area contributed by atoms with Crippen LogP contribution in [0.4, 0.5) is 0 Å². The Morgan fingerprint density at radius 1 is 1.06 bits per heavy atom. The van der Waals surface area contributed by atoms with Crippen molar-refractivity contribution in [2.45, 2.75) is 110 Å². The zero-order valence-corrected chi connectivity index (χ0v) is 23.0. The lowest BCUT2D eigenvalue weighted by atomic mass is 9.72. The number of carbonyl (C=O) groups is 1. The molecule has 0 aliphatic heterocycles. The quantitative estimate of drug-likeness (QED) is 0.184. The van der Waals surface area contributed by atoms with Gasteiger partial charge in [-0.1, -0.05) is 87.9 Å². The lowest BCUT2D eigenvalue weighted by Crippen LogP contribution is -2.38. The first kappa shape index (κ1) is 30.6. The number of aliphatic carboxylic acids is 1. The molecule has 1 fully saturated rings. The number of hydrogen-bond acceptors (Lipinski definition) is 3. The van der Waals surface area contributed by atoms with E-state index in [-0.39, 0.29) is 11.8 Å². The number of aryl methyl sites for hydroxylation is 1. The van der Waals surface area contributed by atoms with Gasteiger partial charge in [0.1, 0.15) is 0 Å². The summed E-state index contributed by atoms with van der Waals surface area (Å²) in [6, 6.07) is 10.3. The largest absolute Gasteiger partial charge is 0.481 e. The van der Waals surface area contributed by atoms with Crippen molar-refractivity contribution in [3.05, 3.63) is 48.0 Å². The van der Waals surface area contributed by atoms with Crippen LogP contribution in [0, 0.1) is 29.6 Å². The van der Waals surface area contributed by atoms with Gasteiger partial charge in [-0.05, 0) is 94.1 Å². The summed E-state index contributed by atoms with van der Waals surface area (Å²) < 4.78 is 0. The molecule has 1 aliphatic rings. The predicted octanol–water partition coefficient (Wildman–Crippen LogP) is 7.40. The highest BCUT2D eigenvalue weighted by molar-refractivity contribution is 5.71. The van der Waals surface area contributed by atoms with E-state index in [0.717, 1.165) is 50.9 Å². The number of aliphatic hydroxyl groups is 1. The van der Waals surface area contributed by atoms with Crippen molar-refractivity contribution in [2.75, 3.05) is 6.54 Å². The topological polar surface area (TPSA) is 83.6 Å². The van der Waals surface area contributed by atoms with Crippen LogP contribution in [0.2, 0.25) is 0 Å². The number of aliphatic hydroxyl groups excluding tert-OH is 1. The predicted molar refractivity (Wildman–Crippen MR) is 151 cm³/mol. The SMILES string of the molecule is CC[C@@H](CC=CCCC1CCCCC1)CC[C@H](CCN)[C@H](CCc1ccccc1)[C@H](C(=O)O)[C@H](C)O. The molecule has 1 aromatic rings. The number of hydrogen-bond donors (Lipinski definition) is 3. The van der Waals surface area contributed by atoms with Gasteiger partial charge in [-0.3, -0.25) is 4.79 Å². The first-order valence-corrected chi connectivity index (χ1v) is 14.8. The van der Waals surface area contributed by atoms with Crippen LogP contribution in [0.1, 0.15) is 103 Å². The third-order valence-electron chi connectivity index (χ3n) is 8.64. The van der Waals surface area contributed by atoms with Crippen molar-refractivity contribution in [3.8, 4) is 0 Å². The van der Waals surface area contributed by atoms with Crippen LogP contribution in [0.15, 0.2) is 42.5 Å². The second-order valence-corrected chi connectivity index (χ2v) is 11.3. The molecule has 0 saturated heterocycles. The summed E-state index contributed by atoms with van der Waals surface area (Å²) in [4.78, 5) is 12.2. The molecule has 4 N–H and O–H groups in total. The average Bonchev–Trinajstić information content (AvgIpc) is 2.88. The minimum absolute atomic E-state index is 0.0882. The molecular weight excluding hydrogens is 446 g/mol. The van der Waals surface area contributed by atoms with Crippen LogP contribution in [0.25, 0.3) is 0 Å². The lowest BCUT2D eigenvalue weighted by molar-refractivity contribution is -0.149. The molecule has 0 heterocycles. The van der Waals surface area contributed by atoms with Gasteiger partial charge in [0.15, 0.2) is 0 Å². The van der Waals surface area contributed by atoms with Crippen molar-refractivity contribution in [3.63, 3.8) is 0 Å². The molecule has 0 radical (unpaired) electrons. The Hall–Kier alpha value is -1.65. The zero-order chi connectivity index (χ0) is 26.2. The highest BCUT2D eigenvalue weighted by Gasteiger charge is 2.36. The van der Waals surface area contributed by atoms with Crippen molar-refractivity contribution in [2.24, 2.45) is 35.3 Å². The van der Waals surface area contributed by atoms with Gasteiger partial charge in [-0.15, -0.1) is 0 Å². The lowest BCUT2D eigenvalue weighted by Gasteiger charge is -2.34. The average molecular weight is 500 g/mol. The number of carboxylic acids is 1. The summed E-state index contributed by atoms with van der Waals surface area (Å²) in [5.41, 5.74) is 7.24. The highest BCUT2D eigenvalue weighted by Crippen LogP contribution is 2.36. The Morgan fingerprint density at radius 2 is 1.78 bits per heavy atom. The summed E-state index contributed by atoms with van der Waals surface area (Å²) >= 11 is 0. The first-order chi connectivity index (χ1) is 17.5. The molecule has 0 unspecified atom stereocenters. The monoisotopic (exact) mass is 499 g/mol. The molecule has 2 rings (SSSR count). The van der Waals surface area contributed by atoms with E-state index in [9.17, 15) is 15.0 Å². The Kier molecular flexibility index (Phi) is 15.1. The van der Waals surface area contributed by atoms with Crippen LogP contribution >= 0.6 is 0 Å². The standard InChI is InChI=1S/C32H53NO3/c1-3-26(13-7-4-8-14-27-15-9-5-10-16-27)19-21-29(23-24-33)30(31(25(2)34)32(35)36)22-20-28-17-11-6-12-18-28/h4,6-7,11-12,17-18,25-27,29-31,34H,3,5,8-10,13-16,19-24,33H2,1-2H3,(H,35,36)/t25-,26-,29+,30-,31+/m0/s1. The molecule has 1 aliphatic carbocycles. The van der Waals surface area contributed by atoms with Crippen molar-refractivity contribution in [1.29, 1.82) is 0 Å². The Labute approximate surface area is 220 Å². The summed E-state index contributed by atoms with van der Waals surface area (Å²) in [5.74, 6) is 0.0173. The highest BCUT2D eigenvalue weighted by atomic mass is 16.4. The van der Waals surface area contributed by atoms with Gasteiger partial charge < -0.3 is 15.9 Å². The number of rotatable bonds is 18. The maximum Gasteiger partial charge on any atom is 0.309 e. The van der Waals surface area contributed by atoms with Crippen molar-refractivity contribution in [1.82, 2.24) is 0 Å². The normalized spacial score (nSPS) is 19.1. The smallest absolute Gasteiger partial charge is 0.309 e. The van der Waals surface area contributed by atoms with Gasteiger partial charge in [-0.2, -0.15) is 0 Å². The summed E-state index contributed by atoms with van der Waals surface area (Å²) in [6.07, 6.45) is 20.2. The van der Waals surface area contributed by atoms with Gasteiger partial charge in [-0.25, -0.2) is 0 Å². The van der Waals surface area contributed by atoms with E-state index in [1.165, 1.54) is 50.5 Å². The molecule has 0 aromatic heterocycles. The minimum Gasteiger partial charge on any atom is -0.481 e. The molecule has 4 nitrogen and oxygen atoms in total. The van der Waals surface area contributed by atoms with E-state index in [4.69, 9.17) is 5.73 Å². The van der Waals surface area contributed by atoms with Gasteiger partial charge >= 0.3 is 5.97 Å². The molecule has 204 valence electrons. The number of benzene rings is 1. The Bertz CT molecular complexity index is 726. The second kappa shape index (κ2) is 17.7. The van der Waals surface area contributed by atoms with Crippen LogP contribution in [-0.4, -0.2) is 28.8 Å². The van der Waals surface area contributed by atoms with Crippen molar-refractivity contribution >= 4 is 5.97 Å². The Balaban J connectivity index is 1.96. The molecule has 1 aromatic carbocycles. The molecular formula is C32H53NO3. The summed E-state index contributed by atoms with van der Waals surface area (Å²) in [6.45, 7) is 4.44. The van der Waals surface area contributed by atoms with Gasteiger partial charge in [0.25, 0.3) is 0 Å². The van der Waals surface area contributed by atoms with Crippen LogP contribution in [0.3, 0.4) is 0 Å². The molecule has 0 spiro atoms. The fourth-order valence-electron chi connectivity index (χ4n) is 6.37. The van der Waals surface area contributed by atoms with E-state index < -0.39 is 18.0 Å². The Morgan fingerprint density at radius 3 is 2.39 bits per heavy atom.